The molecule has 2 aliphatic heterocycles. The van der Waals surface area contributed by atoms with Gasteiger partial charge in [0.15, 0.2) is 0 Å². The lowest BCUT2D eigenvalue weighted by Crippen LogP contribution is -2.32. The molecule has 140 valence electrons. The van der Waals surface area contributed by atoms with Gasteiger partial charge in [0.05, 0.1) is 13.2 Å². The van der Waals surface area contributed by atoms with Gasteiger partial charge in [-0.15, -0.1) is 0 Å². The molecule has 2 fully saturated rings. The molecule has 2 bridgehead atoms. The van der Waals surface area contributed by atoms with Gasteiger partial charge in [0.1, 0.15) is 12.4 Å². The zero-order valence-corrected chi connectivity index (χ0v) is 15.1. The van der Waals surface area contributed by atoms with Gasteiger partial charge in [-0.2, -0.15) is 0 Å². The molecule has 0 aromatic rings. The first-order chi connectivity index (χ1) is 12.1. The first-order valence-electron chi connectivity index (χ1n) is 8.27. The minimum absolute atomic E-state index is 0.309. The lowest BCUT2D eigenvalue weighted by Gasteiger charge is -2.19. The van der Waals surface area contributed by atoms with Gasteiger partial charge in [-0.1, -0.05) is 43.5 Å². The van der Waals surface area contributed by atoms with Crippen molar-refractivity contribution in [3.8, 4) is 0 Å². The topological polar surface area (TPSA) is 81.9 Å². The molecular formula is C19H30N2O4. The molecule has 0 aliphatic carbocycles. The summed E-state index contributed by atoms with van der Waals surface area (Å²) in [4.78, 5) is 26.9. The van der Waals surface area contributed by atoms with Crippen molar-refractivity contribution < 1.29 is 19.2 Å². The number of hydrogen-bond donors (Lipinski definition) is 1. The lowest BCUT2D eigenvalue weighted by molar-refractivity contribution is -0.127. The highest BCUT2D eigenvalue weighted by atomic mass is 16.6. The maximum absolute atomic E-state index is 10.9. The Bertz CT molecular complexity index is 450. The van der Waals surface area contributed by atoms with E-state index in [1.54, 1.807) is 6.08 Å². The zero-order chi connectivity index (χ0) is 18.9. The number of nitrogens with two attached hydrogens (primary N) is 1. The summed E-state index contributed by atoms with van der Waals surface area (Å²) in [5.41, 5.74) is 1.04. The molecule has 1 unspecified atom stereocenters. The van der Waals surface area contributed by atoms with Crippen molar-refractivity contribution in [2.24, 2.45) is 11.8 Å². The van der Waals surface area contributed by atoms with Crippen LogP contribution in [0.5, 0.6) is 0 Å². The molecule has 0 radical (unpaired) electrons. The number of piperidine rings is 1. The van der Waals surface area contributed by atoms with E-state index in [9.17, 15) is 9.59 Å². The van der Waals surface area contributed by atoms with Crippen molar-refractivity contribution in [1.29, 1.82) is 0 Å². The van der Waals surface area contributed by atoms with Crippen LogP contribution in [0.4, 0.5) is 0 Å². The average molecular weight is 350 g/mol. The number of carbonyl (C=O) groups excluding carboxylic acids is 2. The standard InChI is InChI=1S/C8H13NO.C7H11NO.C4H6O2/c1-3-5-6-8(4-2)7-10-9;9-7-3-6-1-2-8(4-6)5-7;1-2-3-6-4-5/h3-6H,1,7,9H2,2H3;6H,1-5H2;2,4H,1,3H2/b6-5-,8-4+;;/t;6-;/m.0./s1. The fourth-order valence-corrected chi connectivity index (χ4v) is 2.48. The monoisotopic (exact) mass is 350 g/mol. The Morgan fingerprint density at radius 2 is 2.20 bits per heavy atom. The van der Waals surface area contributed by atoms with Crippen molar-refractivity contribution in [1.82, 2.24) is 4.90 Å². The Balaban J connectivity index is 0.000000357. The third kappa shape index (κ3) is 12.1. The van der Waals surface area contributed by atoms with Gasteiger partial charge in [-0.25, -0.2) is 5.90 Å². The zero-order valence-electron chi connectivity index (χ0n) is 15.1. The molecule has 0 aromatic carbocycles. The van der Waals surface area contributed by atoms with Gasteiger partial charge in [0.25, 0.3) is 6.47 Å². The summed E-state index contributed by atoms with van der Waals surface area (Å²) in [6, 6.07) is 0. The number of nitrogens with zero attached hydrogens (tertiary/aromatic N) is 1. The molecule has 2 aliphatic rings. The minimum atomic E-state index is 0.309. The normalized spacial score (nSPS) is 21.5. The van der Waals surface area contributed by atoms with Crippen molar-refractivity contribution in [3.63, 3.8) is 0 Å². The highest BCUT2D eigenvalue weighted by Gasteiger charge is 2.30. The molecule has 0 aromatic heterocycles. The van der Waals surface area contributed by atoms with Crippen LogP contribution in [0.15, 0.2) is 49.1 Å². The van der Waals surface area contributed by atoms with E-state index in [1.165, 1.54) is 19.0 Å². The third-order valence-electron chi connectivity index (χ3n) is 3.64. The number of hydrogen-bond acceptors (Lipinski definition) is 6. The first-order valence-corrected chi connectivity index (χ1v) is 8.27. The summed E-state index contributed by atoms with van der Waals surface area (Å²) < 4.78 is 4.18. The molecule has 2 N–H and O–H groups in total. The van der Waals surface area contributed by atoms with Crippen LogP contribution in [0.25, 0.3) is 0 Å². The number of carbonyl (C=O) groups is 2. The summed E-state index contributed by atoms with van der Waals surface area (Å²) in [6.07, 6.45) is 11.0. The Hall–Kier alpha value is -2.02. The maximum Gasteiger partial charge on any atom is 0.293 e. The SMILES string of the molecule is C=C/C=C\C(=C/C)CON.C=CCOC=O.O=C1C[C@@H]2CCN(C1)C2. The number of allylic oxidation sites excluding steroid dienone is 3. The van der Waals surface area contributed by atoms with Crippen LogP contribution in [-0.4, -0.2) is 50.0 Å². The number of ketones is 1. The van der Waals surface area contributed by atoms with Gasteiger partial charge in [-0.05, 0) is 31.4 Å². The quantitative estimate of drug-likeness (QED) is 0.249. The van der Waals surface area contributed by atoms with Crippen LogP contribution in [-0.2, 0) is 19.2 Å². The number of fused-ring (bicyclic) bond motifs is 2. The molecule has 25 heavy (non-hydrogen) atoms. The predicted molar refractivity (Wildman–Crippen MR) is 99.6 cm³/mol. The summed E-state index contributed by atoms with van der Waals surface area (Å²) in [6.45, 7) is 13.0. The van der Waals surface area contributed by atoms with E-state index in [4.69, 9.17) is 5.90 Å². The summed E-state index contributed by atoms with van der Waals surface area (Å²) >= 11 is 0. The molecule has 0 spiro atoms. The number of ether oxygens (including phenoxy) is 1. The molecule has 0 saturated carbocycles. The van der Waals surface area contributed by atoms with E-state index >= 15 is 0 Å². The highest BCUT2D eigenvalue weighted by molar-refractivity contribution is 5.81. The van der Waals surface area contributed by atoms with E-state index in [1.807, 2.05) is 25.2 Å². The van der Waals surface area contributed by atoms with Crippen LogP contribution < -0.4 is 5.90 Å². The number of rotatable bonds is 7. The van der Waals surface area contributed by atoms with E-state index in [0.29, 0.717) is 31.4 Å². The van der Waals surface area contributed by atoms with Crippen molar-refractivity contribution in [3.05, 3.63) is 49.1 Å². The second-order valence-corrected chi connectivity index (χ2v) is 5.62. The molecule has 2 saturated heterocycles. The van der Waals surface area contributed by atoms with Gasteiger partial charge >= 0.3 is 0 Å². The number of Topliss-reactive ketones (excluding diaryl/α,β-unsaturated/α-hetero) is 1. The van der Waals surface area contributed by atoms with E-state index < -0.39 is 0 Å². The smallest absolute Gasteiger partial charge is 0.293 e. The van der Waals surface area contributed by atoms with Crippen LogP contribution >= 0.6 is 0 Å². The fourth-order valence-electron chi connectivity index (χ4n) is 2.48. The van der Waals surface area contributed by atoms with E-state index in [2.05, 4.69) is 27.6 Å². The minimum Gasteiger partial charge on any atom is -0.464 e. The van der Waals surface area contributed by atoms with Crippen LogP contribution in [0.1, 0.15) is 19.8 Å². The van der Waals surface area contributed by atoms with Crippen molar-refractivity contribution in [2.75, 3.05) is 32.8 Å². The summed E-state index contributed by atoms with van der Waals surface area (Å²) in [5, 5.41) is 0. The van der Waals surface area contributed by atoms with Crippen LogP contribution in [0.2, 0.25) is 0 Å². The summed E-state index contributed by atoms with van der Waals surface area (Å²) in [5.74, 6) is 6.04. The second kappa shape index (κ2) is 15.5. The fraction of sp³-hybridized carbons (Fsp3) is 0.474. The van der Waals surface area contributed by atoms with Crippen LogP contribution in [0.3, 0.4) is 0 Å². The molecule has 0 amide bonds. The maximum atomic E-state index is 10.9. The predicted octanol–water partition coefficient (Wildman–Crippen LogP) is 2.19. The molecule has 2 heterocycles. The van der Waals surface area contributed by atoms with Crippen molar-refractivity contribution in [2.45, 2.75) is 19.8 Å². The summed E-state index contributed by atoms with van der Waals surface area (Å²) in [7, 11) is 0. The van der Waals surface area contributed by atoms with E-state index in [-0.39, 0.29) is 0 Å². The Kier molecular flexibility index (Phi) is 14.3. The molecule has 2 atom stereocenters. The average Bonchev–Trinajstić information content (AvgIpc) is 2.96. The lowest BCUT2D eigenvalue weighted by atomic mass is 10.0. The van der Waals surface area contributed by atoms with Gasteiger partial charge in [-0.3, -0.25) is 19.3 Å². The second-order valence-electron chi connectivity index (χ2n) is 5.62. The molecule has 6 heteroatoms. The first kappa shape index (κ1) is 23.0. The van der Waals surface area contributed by atoms with Crippen LogP contribution in [0, 0.1) is 5.92 Å². The Morgan fingerprint density at radius 3 is 2.68 bits per heavy atom. The molecule has 6 nitrogen and oxygen atoms in total. The Morgan fingerprint density at radius 1 is 1.44 bits per heavy atom. The Labute approximate surface area is 150 Å². The van der Waals surface area contributed by atoms with Crippen molar-refractivity contribution >= 4 is 12.3 Å². The van der Waals surface area contributed by atoms with E-state index in [0.717, 1.165) is 25.1 Å². The largest absolute Gasteiger partial charge is 0.464 e. The van der Waals surface area contributed by atoms with Gasteiger partial charge in [0, 0.05) is 13.0 Å². The third-order valence-corrected chi connectivity index (χ3v) is 3.64. The highest BCUT2D eigenvalue weighted by Crippen LogP contribution is 2.23. The molecule has 2 rings (SSSR count). The van der Waals surface area contributed by atoms with Gasteiger partial charge in [0.2, 0.25) is 0 Å². The molecular weight excluding hydrogens is 320 g/mol. The van der Waals surface area contributed by atoms with Gasteiger partial charge < -0.3 is 4.74 Å².